The van der Waals surface area contributed by atoms with Gasteiger partial charge in [-0.15, -0.1) is 0 Å². The fourth-order valence-corrected chi connectivity index (χ4v) is 2.28. The Morgan fingerprint density at radius 1 is 1.37 bits per heavy atom. The average molecular weight is 340 g/mol. The van der Waals surface area contributed by atoms with Crippen LogP contribution in [-0.2, 0) is 4.74 Å². The van der Waals surface area contributed by atoms with Crippen molar-refractivity contribution >= 4 is 39.3 Å². The third-order valence-corrected chi connectivity index (χ3v) is 3.63. The molecule has 0 radical (unpaired) electrons. The summed E-state index contributed by atoms with van der Waals surface area (Å²) >= 11 is 4.60. The van der Waals surface area contributed by atoms with Crippen LogP contribution in [-0.4, -0.2) is 23.0 Å². The highest BCUT2D eigenvalue weighted by atomic mass is 79.9. The Morgan fingerprint density at radius 2 is 2.16 bits per heavy atom. The molecule has 2 aromatic heterocycles. The predicted molar refractivity (Wildman–Crippen MR) is 76.0 cm³/mol. The molecule has 0 saturated carbocycles. The molecule has 0 aliphatic rings. The average Bonchev–Trinajstić information content (AvgIpc) is 2.43. The molecule has 7 heteroatoms. The third kappa shape index (κ3) is 3.45. The van der Waals surface area contributed by atoms with Crippen molar-refractivity contribution in [2.75, 3.05) is 12.8 Å². The van der Waals surface area contributed by atoms with E-state index < -0.39 is 5.97 Å². The number of hydrogen-bond acceptors (Lipinski definition) is 6. The molecular weight excluding hydrogens is 330 g/mol. The van der Waals surface area contributed by atoms with Gasteiger partial charge in [0.25, 0.3) is 0 Å². The van der Waals surface area contributed by atoms with E-state index in [1.165, 1.54) is 24.9 Å². The van der Waals surface area contributed by atoms with Gasteiger partial charge in [-0.3, -0.25) is 0 Å². The van der Waals surface area contributed by atoms with Gasteiger partial charge >= 0.3 is 5.97 Å². The molecule has 5 nitrogen and oxygen atoms in total. The molecule has 0 spiro atoms. The topological polar surface area (TPSA) is 78.1 Å². The van der Waals surface area contributed by atoms with Gasteiger partial charge in [0, 0.05) is 10.7 Å². The summed E-state index contributed by atoms with van der Waals surface area (Å²) in [5, 5.41) is 1.27. The fraction of sp³-hybridized carbons (Fsp3) is 0.0833. The van der Waals surface area contributed by atoms with Gasteiger partial charge in [-0.05, 0) is 52.0 Å². The minimum atomic E-state index is -0.495. The lowest BCUT2D eigenvalue weighted by Crippen LogP contribution is -2.06. The number of nitrogen functional groups attached to an aromatic ring is 1. The Bertz CT molecular complexity index is 604. The number of methoxy groups -OCH3 is 1. The zero-order valence-corrected chi connectivity index (χ0v) is 12.4. The number of hydrogen-bond donors (Lipinski definition) is 1. The standard InChI is InChI=1S/C12H10BrN3O2S/c1-18-12(17)9-4-3-8(14)11(16-9)19-10-5-2-7(13)6-15-10/h2-6H,14H2,1H3. The van der Waals surface area contributed by atoms with Crippen molar-refractivity contribution in [3.05, 3.63) is 40.6 Å². The number of carbonyl (C=O) groups is 1. The zero-order chi connectivity index (χ0) is 13.8. The number of pyridine rings is 2. The normalized spacial score (nSPS) is 10.2. The lowest BCUT2D eigenvalue weighted by atomic mass is 10.3. The van der Waals surface area contributed by atoms with Crippen LogP contribution in [0.2, 0.25) is 0 Å². The first-order valence-electron chi connectivity index (χ1n) is 5.24. The Balaban J connectivity index is 2.28. The smallest absolute Gasteiger partial charge is 0.356 e. The molecule has 0 bridgehead atoms. The van der Waals surface area contributed by atoms with E-state index in [2.05, 4.69) is 30.6 Å². The molecule has 0 aromatic carbocycles. The molecule has 0 unspecified atom stereocenters. The van der Waals surface area contributed by atoms with Crippen LogP contribution in [0.4, 0.5) is 5.69 Å². The van der Waals surface area contributed by atoms with Gasteiger partial charge in [0.1, 0.15) is 15.7 Å². The molecule has 0 fully saturated rings. The van der Waals surface area contributed by atoms with Crippen LogP contribution in [0.15, 0.2) is 45.0 Å². The van der Waals surface area contributed by atoms with Crippen molar-refractivity contribution < 1.29 is 9.53 Å². The van der Waals surface area contributed by atoms with E-state index in [1.54, 1.807) is 12.3 Å². The maximum absolute atomic E-state index is 11.4. The number of rotatable bonds is 3. The Morgan fingerprint density at radius 3 is 2.79 bits per heavy atom. The van der Waals surface area contributed by atoms with E-state index in [-0.39, 0.29) is 5.69 Å². The van der Waals surface area contributed by atoms with E-state index in [0.29, 0.717) is 10.7 Å². The number of nitrogens with zero attached hydrogens (tertiary/aromatic N) is 2. The summed E-state index contributed by atoms with van der Waals surface area (Å²) in [6, 6.07) is 6.86. The summed E-state index contributed by atoms with van der Waals surface area (Å²) in [6.45, 7) is 0. The van der Waals surface area contributed by atoms with Gasteiger partial charge < -0.3 is 10.5 Å². The van der Waals surface area contributed by atoms with E-state index in [0.717, 1.165) is 9.50 Å². The molecule has 98 valence electrons. The summed E-state index contributed by atoms with van der Waals surface area (Å²) < 4.78 is 5.51. The first-order valence-corrected chi connectivity index (χ1v) is 6.85. The minimum Gasteiger partial charge on any atom is -0.464 e. The van der Waals surface area contributed by atoms with Crippen LogP contribution in [0, 0.1) is 0 Å². The summed E-state index contributed by atoms with van der Waals surface area (Å²) in [5.41, 5.74) is 6.54. The van der Waals surface area contributed by atoms with E-state index in [9.17, 15) is 4.79 Å². The SMILES string of the molecule is COC(=O)c1ccc(N)c(Sc2ccc(Br)cn2)n1. The lowest BCUT2D eigenvalue weighted by Gasteiger charge is -2.06. The van der Waals surface area contributed by atoms with Crippen LogP contribution in [0.1, 0.15) is 10.5 Å². The number of aromatic nitrogens is 2. The number of anilines is 1. The molecule has 0 aliphatic heterocycles. The van der Waals surface area contributed by atoms with Crippen molar-refractivity contribution in [1.82, 2.24) is 9.97 Å². The van der Waals surface area contributed by atoms with Gasteiger partial charge in [0.2, 0.25) is 0 Å². The first-order chi connectivity index (χ1) is 9.10. The molecular formula is C12H10BrN3O2S. The maximum Gasteiger partial charge on any atom is 0.356 e. The predicted octanol–water partition coefficient (Wildman–Crippen LogP) is 2.76. The second kappa shape index (κ2) is 6.03. The van der Waals surface area contributed by atoms with E-state index >= 15 is 0 Å². The summed E-state index contributed by atoms with van der Waals surface area (Å²) in [4.78, 5) is 19.8. The van der Waals surface area contributed by atoms with Crippen molar-refractivity contribution in [1.29, 1.82) is 0 Å². The number of ether oxygens (including phenoxy) is 1. The Hall–Kier alpha value is -1.60. The first kappa shape index (κ1) is 13.8. The van der Waals surface area contributed by atoms with Gasteiger partial charge in [-0.25, -0.2) is 14.8 Å². The monoisotopic (exact) mass is 339 g/mol. The van der Waals surface area contributed by atoms with Gasteiger partial charge in [0.15, 0.2) is 0 Å². The fourth-order valence-electron chi connectivity index (χ4n) is 1.27. The van der Waals surface area contributed by atoms with Gasteiger partial charge in [-0.2, -0.15) is 0 Å². The number of esters is 1. The van der Waals surface area contributed by atoms with E-state index in [4.69, 9.17) is 5.73 Å². The molecule has 0 atom stereocenters. The van der Waals surface area contributed by atoms with E-state index in [1.807, 2.05) is 12.1 Å². The zero-order valence-electron chi connectivity index (χ0n) is 9.96. The van der Waals surface area contributed by atoms with Crippen LogP contribution in [0.3, 0.4) is 0 Å². The molecule has 0 aliphatic carbocycles. The van der Waals surface area contributed by atoms with Gasteiger partial charge in [-0.1, -0.05) is 0 Å². The summed E-state index contributed by atoms with van der Waals surface area (Å²) in [6.07, 6.45) is 1.68. The van der Waals surface area contributed by atoms with Crippen LogP contribution in [0.5, 0.6) is 0 Å². The largest absolute Gasteiger partial charge is 0.464 e. The second-order valence-corrected chi connectivity index (χ2v) is 5.42. The molecule has 0 amide bonds. The number of nitrogens with two attached hydrogens (primary N) is 1. The third-order valence-electron chi connectivity index (χ3n) is 2.19. The van der Waals surface area contributed by atoms with Crippen molar-refractivity contribution in [2.45, 2.75) is 10.1 Å². The van der Waals surface area contributed by atoms with Gasteiger partial charge in [0.05, 0.1) is 12.8 Å². The highest BCUT2D eigenvalue weighted by molar-refractivity contribution is 9.10. The lowest BCUT2D eigenvalue weighted by molar-refractivity contribution is 0.0593. The highest BCUT2D eigenvalue weighted by Gasteiger charge is 2.11. The maximum atomic E-state index is 11.4. The van der Waals surface area contributed by atoms with Crippen molar-refractivity contribution in [3.63, 3.8) is 0 Å². The Labute approximate surface area is 122 Å². The molecule has 2 aromatic rings. The quantitative estimate of drug-likeness (QED) is 0.866. The summed E-state index contributed by atoms with van der Waals surface area (Å²) in [7, 11) is 1.31. The Kier molecular flexibility index (Phi) is 4.39. The van der Waals surface area contributed by atoms with Crippen LogP contribution < -0.4 is 5.73 Å². The van der Waals surface area contributed by atoms with Crippen molar-refractivity contribution in [2.24, 2.45) is 0 Å². The molecule has 2 N–H and O–H groups in total. The second-order valence-electron chi connectivity index (χ2n) is 3.50. The van der Waals surface area contributed by atoms with Crippen molar-refractivity contribution in [3.8, 4) is 0 Å². The van der Waals surface area contributed by atoms with Crippen LogP contribution >= 0.6 is 27.7 Å². The molecule has 2 rings (SSSR count). The molecule has 2 heterocycles. The molecule has 19 heavy (non-hydrogen) atoms. The summed E-state index contributed by atoms with van der Waals surface area (Å²) in [5.74, 6) is -0.495. The molecule has 0 saturated heterocycles. The number of carbonyl (C=O) groups excluding carboxylic acids is 1. The number of halogens is 1. The minimum absolute atomic E-state index is 0.219. The highest BCUT2D eigenvalue weighted by Crippen LogP contribution is 2.29. The van der Waals surface area contributed by atoms with Crippen LogP contribution in [0.25, 0.3) is 0 Å².